The summed E-state index contributed by atoms with van der Waals surface area (Å²) >= 11 is 1.60. The number of ether oxygens (including phenoxy) is 1. The fraction of sp³-hybridized carbons (Fsp3) is 0.222. The average Bonchev–Trinajstić information content (AvgIpc) is 3.06. The van der Waals surface area contributed by atoms with Gasteiger partial charge in [-0.1, -0.05) is 30.0 Å². The summed E-state index contributed by atoms with van der Waals surface area (Å²) in [5.41, 5.74) is 1.76. The zero-order valence-corrected chi connectivity index (χ0v) is 16.0. The number of pyridine rings is 1. The summed E-state index contributed by atoms with van der Waals surface area (Å²) in [7, 11) is 3.43. The molecule has 2 amide bonds. The number of aryl methyl sites for hydroxylation is 1. The third-order valence-corrected chi connectivity index (χ3v) is 4.95. The van der Waals surface area contributed by atoms with Gasteiger partial charge in [0, 0.05) is 24.1 Å². The first-order valence-electron chi connectivity index (χ1n) is 8.25. The largest absolute Gasteiger partial charge is 0.481 e. The Kier molecular flexibility index (Phi) is 5.92. The molecule has 1 unspecified atom stereocenters. The second kappa shape index (κ2) is 8.54. The lowest BCUT2D eigenvalue weighted by atomic mass is 10.1. The number of anilines is 2. The molecule has 1 aromatic carbocycles. The van der Waals surface area contributed by atoms with Gasteiger partial charge in [-0.3, -0.25) is 5.32 Å². The number of carbonyl (C=O) groups excluding carboxylic acids is 1. The minimum absolute atomic E-state index is 0.151. The van der Waals surface area contributed by atoms with Gasteiger partial charge in [0.25, 0.3) is 0 Å². The van der Waals surface area contributed by atoms with Crippen LogP contribution in [0.25, 0.3) is 0 Å². The van der Waals surface area contributed by atoms with Gasteiger partial charge in [0.05, 0.1) is 7.11 Å². The van der Waals surface area contributed by atoms with Crippen LogP contribution >= 0.6 is 11.8 Å². The number of nitrogens with one attached hydrogen (secondary N) is 2. The number of thioether (sulfide) groups is 1. The van der Waals surface area contributed by atoms with Gasteiger partial charge in [-0.05, 0) is 30.7 Å². The molecule has 0 aliphatic heterocycles. The standard InChI is InChI=1S/C18H20N6O2S/c1-12(27-18-23-19-11-24(18)2)13-6-4-7-14(10-13)20-17(25)22-15-8-5-9-16(21-15)26-3/h4-12H,1-3H3,(H2,20,21,22,25). The van der Waals surface area contributed by atoms with Crippen LogP contribution in [-0.4, -0.2) is 32.9 Å². The molecule has 0 aliphatic carbocycles. The Hall–Kier alpha value is -3.07. The van der Waals surface area contributed by atoms with Crippen molar-refractivity contribution in [2.45, 2.75) is 17.3 Å². The smallest absolute Gasteiger partial charge is 0.324 e. The van der Waals surface area contributed by atoms with Crippen LogP contribution in [0.2, 0.25) is 0 Å². The molecule has 8 nitrogen and oxygen atoms in total. The van der Waals surface area contributed by atoms with Gasteiger partial charge in [-0.2, -0.15) is 4.98 Å². The number of rotatable bonds is 6. The number of carbonyl (C=O) groups is 1. The third-order valence-electron chi connectivity index (χ3n) is 3.74. The van der Waals surface area contributed by atoms with Crippen LogP contribution < -0.4 is 15.4 Å². The summed E-state index contributed by atoms with van der Waals surface area (Å²) in [4.78, 5) is 16.4. The normalized spacial score (nSPS) is 11.7. The van der Waals surface area contributed by atoms with E-state index in [4.69, 9.17) is 4.74 Å². The van der Waals surface area contributed by atoms with Crippen LogP contribution in [0.4, 0.5) is 16.3 Å². The highest BCUT2D eigenvalue weighted by molar-refractivity contribution is 7.99. The molecule has 2 heterocycles. The van der Waals surface area contributed by atoms with E-state index in [0.717, 1.165) is 10.7 Å². The zero-order chi connectivity index (χ0) is 19.2. The van der Waals surface area contributed by atoms with Crippen LogP contribution in [0.3, 0.4) is 0 Å². The summed E-state index contributed by atoms with van der Waals surface area (Å²) in [5.74, 6) is 0.846. The second-order valence-electron chi connectivity index (χ2n) is 5.75. The van der Waals surface area contributed by atoms with Crippen LogP contribution in [0.5, 0.6) is 5.88 Å². The molecule has 2 aromatic heterocycles. The number of benzene rings is 1. The molecule has 3 aromatic rings. The Balaban J connectivity index is 1.64. The SMILES string of the molecule is COc1cccc(NC(=O)Nc2cccc(C(C)Sc3nncn3C)c2)n1. The van der Waals surface area contributed by atoms with E-state index in [2.05, 4.69) is 32.7 Å². The number of aromatic nitrogens is 4. The van der Waals surface area contributed by atoms with Crippen molar-refractivity contribution in [2.24, 2.45) is 7.05 Å². The summed E-state index contributed by atoms with van der Waals surface area (Å²) in [5, 5.41) is 14.5. The van der Waals surface area contributed by atoms with Crippen molar-refractivity contribution in [3.8, 4) is 5.88 Å². The molecule has 0 saturated carbocycles. The Bertz CT molecular complexity index is 929. The summed E-state index contributed by atoms with van der Waals surface area (Å²) in [6, 6.07) is 12.5. The van der Waals surface area contributed by atoms with E-state index >= 15 is 0 Å². The molecule has 2 N–H and O–H groups in total. The molecule has 9 heteroatoms. The van der Waals surface area contributed by atoms with Gasteiger partial charge in [0.1, 0.15) is 12.1 Å². The minimum Gasteiger partial charge on any atom is -0.481 e. The molecule has 0 radical (unpaired) electrons. The Morgan fingerprint density at radius 1 is 1.22 bits per heavy atom. The predicted octanol–water partition coefficient (Wildman–Crippen LogP) is 3.72. The Labute approximate surface area is 161 Å². The molecule has 27 heavy (non-hydrogen) atoms. The molecular formula is C18H20N6O2S. The lowest BCUT2D eigenvalue weighted by molar-refractivity contribution is 0.262. The van der Waals surface area contributed by atoms with Crippen LogP contribution in [-0.2, 0) is 7.05 Å². The van der Waals surface area contributed by atoms with E-state index < -0.39 is 0 Å². The highest BCUT2D eigenvalue weighted by Crippen LogP contribution is 2.34. The third kappa shape index (κ3) is 4.98. The van der Waals surface area contributed by atoms with Gasteiger partial charge in [-0.15, -0.1) is 10.2 Å². The van der Waals surface area contributed by atoms with Crippen molar-refractivity contribution in [2.75, 3.05) is 17.7 Å². The maximum Gasteiger partial charge on any atom is 0.324 e. The number of hydrogen-bond acceptors (Lipinski definition) is 6. The number of urea groups is 1. The molecule has 0 fully saturated rings. The maximum absolute atomic E-state index is 12.2. The van der Waals surface area contributed by atoms with Crippen molar-refractivity contribution < 1.29 is 9.53 Å². The molecule has 0 spiro atoms. The number of methoxy groups -OCH3 is 1. The minimum atomic E-state index is -0.374. The lowest BCUT2D eigenvalue weighted by Crippen LogP contribution is -2.20. The first-order valence-corrected chi connectivity index (χ1v) is 9.13. The quantitative estimate of drug-likeness (QED) is 0.629. The molecule has 3 rings (SSSR count). The first-order chi connectivity index (χ1) is 13.0. The van der Waals surface area contributed by atoms with Crippen LogP contribution in [0.15, 0.2) is 53.9 Å². The zero-order valence-electron chi connectivity index (χ0n) is 15.2. The second-order valence-corrected chi connectivity index (χ2v) is 7.06. The van der Waals surface area contributed by atoms with E-state index in [0.29, 0.717) is 17.4 Å². The highest BCUT2D eigenvalue weighted by Gasteiger charge is 2.12. The van der Waals surface area contributed by atoms with Crippen molar-refractivity contribution in [3.05, 3.63) is 54.4 Å². The molecule has 0 bridgehead atoms. The predicted molar refractivity (Wildman–Crippen MR) is 105 cm³/mol. The average molecular weight is 384 g/mol. The molecular weight excluding hydrogens is 364 g/mol. The van der Waals surface area contributed by atoms with Gasteiger partial charge < -0.3 is 14.6 Å². The van der Waals surface area contributed by atoms with Crippen molar-refractivity contribution in [3.63, 3.8) is 0 Å². The lowest BCUT2D eigenvalue weighted by Gasteiger charge is -2.13. The van der Waals surface area contributed by atoms with Crippen molar-refractivity contribution in [1.82, 2.24) is 19.7 Å². The van der Waals surface area contributed by atoms with Gasteiger partial charge in [0.15, 0.2) is 5.16 Å². The van der Waals surface area contributed by atoms with Gasteiger partial charge in [-0.25, -0.2) is 4.79 Å². The van der Waals surface area contributed by atoms with E-state index in [1.807, 2.05) is 35.9 Å². The summed E-state index contributed by atoms with van der Waals surface area (Å²) in [6.45, 7) is 2.08. The summed E-state index contributed by atoms with van der Waals surface area (Å²) in [6.07, 6.45) is 1.67. The maximum atomic E-state index is 12.2. The monoisotopic (exact) mass is 384 g/mol. The Morgan fingerprint density at radius 3 is 2.78 bits per heavy atom. The number of amides is 2. The van der Waals surface area contributed by atoms with E-state index in [1.165, 1.54) is 7.11 Å². The highest BCUT2D eigenvalue weighted by atomic mass is 32.2. The van der Waals surface area contributed by atoms with Gasteiger partial charge >= 0.3 is 6.03 Å². The van der Waals surface area contributed by atoms with E-state index in [9.17, 15) is 4.79 Å². The van der Waals surface area contributed by atoms with Crippen LogP contribution in [0.1, 0.15) is 17.7 Å². The van der Waals surface area contributed by atoms with Gasteiger partial charge in [0.2, 0.25) is 5.88 Å². The fourth-order valence-electron chi connectivity index (χ4n) is 2.35. The van der Waals surface area contributed by atoms with E-state index in [1.54, 1.807) is 36.3 Å². The van der Waals surface area contributed by atoms with Crippen LogP contribution in [0, 0.1) is 0 Å². The molecule has 0 saturated heterocycles. The Morgan fingerprint density at radius 2 is 2.04 bits per heavy atom. The molecule has 0 aliphatic rings. The topological polar surface area (TPSA) is 94.0 Å². The van der Waals surface area contributed by atoms with Crippen molar-refractivity contribution in [1.29, 1.82) is 0 Å². The number of hydrogen-bond donors (Lipinski definition) is 2. The molecule has 140 valence electrons. The van der Waals surface area contributed by atoms with E-state index in [-0.39, 0.29) is 11.3 Å². The first kappa shape index (κ1) is 18.7. The molecule has 1 atom stereocenters. The summed E-state index contributed by atoms with van der Waals surface area (Å²) < 4.78 is 6.92. The number of nitrogens with zero attached hydrogens (tertiary/aromatic N) is 4. The fourth-order valence-corrected chi connectivity index (χ4v) is 3.26. The van der Waals surface area contributed by atoms with Crippen molar-refractivity contribution >= 4 is 29.3 Å².